The van der Waals surface area contributed by atoms with Gasteiger partial charge >= 0.3 is 6.01 Å². The molecule has 5 rings (SSSR count). The molecular weight excluding hydrogens is 503 g/mol. The Morgan fingerprint density at radius 2 is 2.18 bits per heavy atom. The Bertz CT molecular complexity index is 1400. The number of piperazine rings is 1. The number of carbonyl (C=O) groups excluding carboxylic acids is 1. The van der Waals surface area contributed by atoms with Gasteiger partial charge in [-0.15, -0.1) is 5.10 Å². The molecule has 2 aliphatic heterocycles. The molecule has 1 aromatic carbocycles. The Labute approximate surface area is 225 Å². The molecule has 2 fully saturated rings. The molecule has 12 heteroatoms. The van der Waals surface area contributed by atoms with Gasteiger partial charge in [-0.2, -0.15) is 10.2 Å². The Balaban J connectivity index is 1.51. The SMILES string of the molecule is C=CC(=O)N1CCN(c2nc(OCC3CCCN3C)nn3c(Cc4c(O)cccc4F)cnc23)CC1CC#N. The molecule has 0 saturated carbocycles. The number of ether oxygens (including phenoxy) is 1. The lowest BCUT2D eigenvalue weighted by atomic mass is 10.1. The van der Waals surface area contributed by atoms with Crippen LogP contribution in [0.3, 0.4) is 0 Å². The van der Waals surface area contributed by atoms with Crippen molar-refractivity contribution in [2.24, 2.45) is 0 Å². The lowest BCUT2D eigenvalue weighted by Crippen LogP contribution is -2.55. The lowest BCUT2D eigenvalue weighted by Gasteiger charge is -2.40. The molecule has 2 atom stereocenters. The number of carbonyl (C=O) groups is 1. The molecule has 1 amide bonds. The van der Waals surface area contributed by atoms with Gasteiger partial charge in [0.25, 0.3) is 0 Å². The van der Waals surface area contributed by atoms with E-state index in [9.17, 15) is 19.6 Å². The summed E-state index contributed by atoms with van der Waals surface area (Å²) in [5.41, 5.74) is 1.12. The molecule has 3 aromatic rings. The van der Waals surface area contributed by atoms with E-state index in [0.29, 0.717) is 43.4 Å². The van der Waals surface area contributed by atoms with Crippen molar-refractivity contribution in [2.75, 3.05) is 44.7 Å². The number of anilines is 1. The van der Waals surface area contributed by atoms with Gasteiger partial charge in [-0.1, -0.05) is 12.6 Å². The highest BCUT2D eigenvalue weighted by molar-refractivity contribution is 5.87. The van der Waals surface area contributed by atoms with Crippen LogP contribution in [0.25, 0.3) is 5.65 Å². The third kappa shape index (κ3) is 5.35. The van der Waals surface area contributed by atoms with E-state index < -0.39 is 5.82 Å². The summed E-state index contributed by atoms with van der Waals surface area (Å²) >= 11 is 0. The number of phenols is 1. The molecule has 204 valence electrons. The number of nitrogens with zero attached hydrogens (tertiary/aromatic N) is 8. The topological polar surface area (TPSA) is 123 Å². The summed E-state index contributed by atoms with van der Waals surface area (Å²) in [5.74, 6) is -0.401. The number of likely N-dealkylation sites (tertiary alicyclic amines) is 1. The second-order valence-corrected chi connectivity index (χ2v) is 9.90. The first-order valence-electron chi connectivity index (χ1n) is 13.0. The molecule has 39 heavy (non-hydrogen) atoms. The Morgan fingerprint density at radius 3 is 2.90 bits per heavy atom. The first kappa shape index (κ1) is 26.4. The standard InChI is InChI=1S/C27H31FN8O3/c1-3-24(38)35-13-12-34(16-18(35)9-10-29)26-25-30-15-20(14-21-22(28)7-4-8-23(21)37)36(25)32-27(31-26)39-17-19-6-5-11-33(19)2/h3-4,7-8,15,18-19,37H,1,5-6,9,11-14,16-17H2,2H3. The van der Waals surface area contributed by atoms with Gasteiger partial charge in [0, 0.05) is 37.7 Å². The maximum absolute atomic E-state index is 14.5. The molecule has 0 radical (unpaired) electrons. The number of hydrogen-bond acceptors (Lipinski definition) is 9. The summed E-state index contributed by atoms with van der Waals surface area (Å²) in [6.45, 7) is 6.20. The zero-order valence-corrected chi connectivity index (χ0v) is 21.8. The fraction of sp³-hybridized carbons (Fsp3) is 0.444. The molecule has 2 saturated heterocycles. The number of benzene rings is 1. The van der Waals surface area contributed by atoms with Gasteiger partial charge in [0.15, 0.2) is 11.5 Å². The number of nitriles is 1. The van der Waals surface area contributed by atoms with E-state index in [4.69, 9.17) is 9.72 Å². The van der Waals surface area contributed by atoms with E-state index in [2.05, 4.69) is 34.7 Å². The zero-order chi connectivity index (χ0) is 27.5. The van der Waals surface area contributed by atoms with Crippen LogP contribution in [0.15, 0.2) is 37.1 Å². The Morgan fingerprint density at radius 1 is 1.33 bits per heavy atom. The summed E-state index contributed by atoms with van der Waals surface area (Å²) in [6.07, 6.45) is 5.16. The van der Waals surface area contributed by atoms with Crippen LogP contribution in [0.1, 0.15) is 30.5 Å². The maximum atomic E-state index is 14.5. The van der Waals surface area contributed by atoms with Gasteiger partial charge in [0.1, 0.15) is 18.2 Å². The maximum Gasteiger partial charge on any atom is 0.336 e. The Kier molecular flexibility index (Phi) is 7.60. The quantitative estimate of drug-likeness (QED) is 0.433. The molecule has 0 bridgehead atoms. The third-order valence-electron chi connectivity index (χ3n) is 7.49. The smallest absolute Gasteiger partial charge is 0.336 e. The lowest BCUT2D eigenvalue weighted by molar-refractivity contribution is -0.128. The van der Waals surface area contributed by atoms with E-state index >= 15 is 0 Å². The largest absolute Gasteiger partial charge is 0.508 e. The van der Waals surface area contributed by atoms with Crippen molar-refractivity contribution in [3.63, 3.8) is 0 Å². The van der Waals surface area contributed by atoms with Crippen molar-refractivity contribution >= 4 is 17.4 Å². The molecule has 1 N–H and O–H groups in total. The van der Waals surface area contributed by atoms with Crippen LogP contribution in [0.4, 0.5) is 10.2 Å². The first-order valence-corrected chi connectivity index (χ1v) is 13.0. The number of rotatable bonds is 8. The summed E-state index contributed by atoms with van der Waals surface area (Å²) < 4.78 is 22.2. The molecule has 2 aromatic heterocycles. The summed E-state index contributed by atoms with van der Waals surface area (Å²) in [7, 11) is 2.06. The summed E-state index contributed by atoms with van der Waals surface area (Å²) in [5, 5.41) is 24.3. The van der Waals surface area contributed by atoms with Crippen molar-refractivity contribution in [3.05, 3.63) is 54.1 Å². The second-order valence-electron chi connectivity index (χ2n) is 9.90. The van der Waals surface area contributed by atoms with E-state index in [-0.39, 0.29) is 48.2 Å². The average Bonchev–Trinajstić information content (AvgIpc) is 3.54. The summed E-state index contributed by atoms with van der Waals surface area (Å²) in [4.78, 5) is 27.5. The highest BCUT2D eigenvalue weighted by atomic mass is 19.1. The van der Waals surface area contributed by atoms with E-state index in [1.807, 2.05) is 4.90 Å². The van der Waals surface area contributed by atoms with Crippen molar-refractivity contribution in [1.29, 1.82) is 5.26 Å². The highest BCUT2D eigenvalue weighted by Gasteiger charge is 2.32. The number of amides is 1. The predicted molar refractivity (Wildman–Crippen MR) is 141 cm³/mol. The van der Waals surface area contributed by atoms with Gasteiger partial charge in [0.05, 0.1) is 30.4 Å². The number of halogens is 1. The number of aromatic hydroxyl groups is 1. The molecule has 11 nitrogen and oxygen atoms in total. The highest BCUT2D eigenvalue weighted by Crippen LogP contribution is 2.28. The number of aromatic nitrogens is 4. The van der Waals surface area contributed by atoms with Crippen LogP contribution >= 0.6 is 0 Å². The molecule has 0 aliphatic carbocycles. The van der Waals surface area contributed by atoms with Crippen LogP contribution in [0, 0.1) is 17.1 Å². The first-order chi connectivity index (χ1) is 18.9. The minimum atomic E-state index is -0.526. The molecular formula is C27H31FN8O3. The third-order valence-corrected chi connectivity index (χ3v) is 7.49. The van der Waals surface area contributed by atoms with Gasteiger partial charge < -0.3 is 24.5 Å². The predicted octanol–water partition coefficient (Wildman–Crippen LogP) is 2.15. The van der Waals surface area contributed by atoms with Crippen molar-refractivity contribution < 1.29 is 19.0 Å². The van der Waals surface area contributed by atoms with Gasteiger partial charge in [-0.25, -0.2) is 13.9 Å². The second kappa shape index (κ2) is 11.2. The number of fused-ring (bicyclic) bond motifs is 1. The van der Waals surface area contributed by atoms with Crippen LogP contribution < -0.4 is 9.64 Å². The van der Waals surface area contributed by atoms with Gasteiger partial charge in [-0.3, -0.25) is 4.79 Å². The normalized spacial score (nSPS) is 19.8. The van der Waals surface area contributed by atoms with E-state index in [0.717, 1.165) is 19.4 Å². The summed E-state index contributed by atoms with van der Waals surface area (Å²) in [6, 6.07) is 6.39. The monoisotopic (exact) mass is 534 g/mol. The van der Waals surface area contributed by atoms with Crippen molar-refractivity contribution in [1.82, 2.24) is 29.4 Å². The van der Waals surface area contributed by atoms with Gasteiger partial charge in [0.2, 0.25) is 5.91 Å². The molecule has 4 heterocycles. The van der Waals surface area contributed by atoms with Crippen molar-refractivity contribution in [3.8, 4) is 17.8 Å². The fourth-order valence-corrected chi connectivity index (χ4v) is 5.29. The fourth-order valence-electron chi connectivity index (χ4n) is 5.29. The van der Waals surface area contributed by atoms with E-state index in [1.54, 1.807) is 15.6 Å². The zero-order valence-electron chi connectivity index (χ0n) is 21.8. The number of hydrogen-bond donors (Lipinski definition) is 1. The van der Waals surface area contributed by atoms with Crippen LogP contribution in [-0.4, -0.2) is 92.3 Å². The number of imidazole rings is 1. The minimum absolute atomic E-state index is 0.0552. The molecule has 0 spiro atoms. The molecule has 2 unspecified atom stereocenters. The Hall–Kier alpha value is -4.24. The van der Waals surface area contributed by atoms with Crippen LogP contribution in [0.2, 0.25) is 0 Å². The minimum Gasteiger partial charge on any atom is -0.508 e. The number of likely N-dealkylation sites (N-methyl/N-ethyl adjacent to an activating group) is 1. The van der Waals surface area contributed by atoms with Crippen molar-refractivity contribution in [2.45, 2.75) is 37.8 Å². The molecule has 2 aliphatic rings. The number of phenolic OH excluding ortho intramolecular Hbond substituents is 1. The van der Waals surface area contributed by atoms with Crippen LogP contribution in [-0.2, 0) is 11.2 Å². The van der Waals surface area contributed by atoms with Gasteiger partial charge in [-0.05, 0) is 44.6 Å². The van der Waals surface area contributed by atoms with E-state index in [1.165, 1.54) is 24.3 Å². The average molecular weight is 535 g/mol. The van der Waals surface area contributed by atoms with Crippen LogP contribution in [0.5, 0.6) is 11.8 Å².